The predicted octanol–water partition coefficient (Wildman–Crippen LogP) is 0.648. The van der Waals surface area contributed by atoms with Crippen LogP contribution in [-0.2, 0) is 9.59 Å². The van der Waals surface area contributed by atoms with Crippen molar-refractivity contribution in [1.29, 1.82) is 0 Å². The molecule has 1 heterocycles. The highest BCUT2D eigenvalue weighted by Crippen LogP contribution is 2.20. The van der Waals surface area contributed by atoms with Gasteiger partial charge in [0.15, 0.2) is 0 Å². The highest BCUT2D eigenvalue weighted by Gasteiger charge is 2.38. The van der Waals surface area contributed by atoms with Crippen LogP contribution >= 0.6 is 0 Å². The molecule has 1 saturated heterocycles. The molecule has 0 saturated carbocycles. The van der Waals surface area contributed by atoms with E-state index in [0.717, 1.165) is 6.54 Å². The minimum Gasteiger partial charge on any atom is -0.481 e. The van der Waals surface area contributed by atoms with E-state index in [9.17, 15) is 9.59 Å². The van der Waals surface area contributed by atoms with Crippen LogP contribution in [0.4, 0.5) is 0 Å². The van der Waals surface area contributed by atoms with Crippen molar-refractivity contribution in [2.45, 2.75) is 39.3 Å². The van der Waals surface area contributed by atoms with E-state index in [2.05, 4.69) is 13.8 Å². The van der Waals surface area contributed by atoms with Crippen LogP contribution in [0.25, 0.3) is 0 Å². The van der Waals surface area contributed by atoms with E-state index in [-0.39, 0.29) is 18.4 Å². The highest BCUT2D eigenvalue weighted by atomic mass is 16.4. The fourth-order valence-corrected chi connectivity index (χ4v) is 2.39. The molecule has 0 radical (unpaired) electrons. The van der Waals surface area contributed by atoms with Gasteiger partial charge in [-0.3, -0.25) is 14.5 Å². The molecule has 0 aliphatic carbocycles. The molecule has 1 fully saturated rings. The van der Waals surface area contributed by atoms with Crippen molar-refractivity contribution in [3.05, 3.63) is 0 Å². The van der Waals surface area contributed by atoms with Crippen LogP contribution in [0.3, 0.4) is 0 Å². The van der Waals surface area contributed by atoms with Crippen LogP contribution < -0.4 is 0 Å². The Labute approximate surface area is 102 Å². The standard InChI is InChI=1S/C12H22N2O3/c1-8(2)6-14-9(3)7-13(4)12(17)10(14)5-11(15)16/h8-10H,5-7H2,1-4H3,(H,15,16). The van der Waals surface area contributed by atoms with E-state index >= 15 is 0 Å². The van der Waals surface area contributed by atoms with Crippen molar-refractivity contribution in [2.24, 2.45) is 5.92 Å². The summed E-state index contributed by atoms with van der Waals surface area (Å²) < 4.78 is 0. The molecule has 0 aromatic rings. The first-order chi connectivity index (χ1) is 7.82. The number of nitrogens with zero attached hydrogens (tertiary/aromatic N) is 2. The molecular formula is C12H22N2O3. The zero-order valence-electron chi connectivity index (χ0n) is 11.0. The molecule has 5 nitrogen and oxygen atoms in total. The average Bonchev–Trinajstić information content (AvgIpc) is 2.19. The maximum atomic E-state index is 12.0. The van der Waals surface area contributed by atoms with Gasteiger partial charge in [-0.1, -0.05) is 13.8 Å². The summed E-state index contributed by atoms with van der Waals surface area (Å²) in [6.07, 6.45) is -0.111. The van der Waals surface area contributed by atoms with Crippen molar-refractivity contribution >= 4 is 11.9 Å². The van der Waals surface area contributed by atoms with Gasteiger partial charge in [0.2, 0.25) is 5.91 Å². The van der Waals surface area contributed by atoms with E-state index in [0.29, 0.717) is 12.5 Å². The summed E-state index contributed by atoms with van der Waals surface area (Å²) in [4.78, 5) is 26.5. The number of carbonyl (C=O) groups is 2. The number of piperazine rings is 1. The second-order valence-corrected chi connectivity index (χ2v) is 5.27. The van der Waals surface area contributed by atoms with Gasteiger partial charge < -0.3 is 10.0 Å². The van der Waals surface area contributed by atoms with Gasteiger partial charge in [-0.15, -0.1) is 0 Å². The highest BCUT2D eigenvalue weighted by molar-refractivity contribution is 5.86. The summed E-state index contributed by atoms with van der Waals surface area (Å²) in [6, 6.07) is -0.298. The number of aliphatic carboxylic acids is 1. The van der Waals surface area contributed by atoms with E-state index in [4.69, 9.17) is 5.11 Å². The van der Waals surface area contributed by atoms with Gasteiger partial charge >= 0.3 is 5.97 Å². The van der Waals surface area contributed by atoms with Crippen molar-refractivity contribution in [2.75, 3.05) is 20.1 Å². The van der Waals surface area contributed by atoms with Crippen LogP contribution in [0.15, 0.2) is 0 Å². The Kier molecular flexibility index (Phi) is 4.51. The maximum absolute atomic E-state index is 12.0. The van der Waals surface area contributed by atoms with Crippen LogP contribution in [-0.4, -0.2) is 59.0 Å². The van der Waals surface area contributed by atoms with Crippen molar-refractivity contribution in [3.8, 4) is 0 Å². The van der Waals surface area contributed by atoms with Crippen LogP contribution in [0.2, 0.25) is 0 Å². The van der Waals surface area contributed by atoms with Crippen molar-refractivity contribution in [1.82, 2.24) is 9.80 Å². The molecule has 1 N–H and O–H groups in total. The Morgan fingerprint density at radius 3 is 2.59 bits per heavy atom. The second kappa shape index (κ2) is 5.49. The minimum absolute atomic E-state index is 0.0776. The summed E-state index contributed by atoms with van der Waals surface area (Å²) in [6.45, 7) is 7.63. The number of amides is 1. The largest absolute Gasteiger partial charge is 0.481 e. The lowest BCUT2D eigenvalue weighted by Crippen LogP contribution is -2.61. The quantitative estimate of drug-likeness (QED) is 0.786. The smallest absolute Gasteiger partial charge is 0.305 e. The number of carboxylic acid groups (broad SMARTS) is 1. The van der Waals surface area contributed by atoms with Gasteiger partial charge in [0.05, 0.1) is 6.42 Å². The van der Waals surface area contributed by atoms with Gasteiger partial charge in [0.1, 0.15) is 6.04 Å². The van der Waals surface area contributed by atoms with E-state index in [1.807, 2.05) is 11.8 Å². The maximum Gasteiger partial charge on any atom is 0.305 e. The lowest BCUT2D eigenvalue weighted by molar-refractivity contribution is -0.150. The molecular weight excluding hydrogens is 220 g/mol. The molecule has 0 aromatic heterocycles. The van der Waals surface area contributed by atoms with Gasteiger partial charge in [-0.2, -0.15) is 0 Å². The zero-order valence-corrected chi connectivity index (χ0v) is 11.0. The molecule has 0 spiro atoms. The molecule has 0 aromatic carbocycles. The van der Waals surface area contributed by atoms with E-state index in [1.54, 1.807) is 11.9 Å². The van der Waals surface area contributed by atoms with Gasteiger partial charge in [-0.25, -0.2) is 0 Å². The fraction of sp³-hybridized carbons (Fsp3) is 0.833. The molecule has 1 amide bonds. The summed E-state index contributed by atoms with van der Waals surface area (Å²) in [5.74, 6) is -0.573. The number of rotatable bonds is 4. The summed E-state index contributed by atoms with van der Waals surface area (Å²) in [5.41, 5.74) is 0. The Morgan fingerprint density at radius 2 is 2.12 bits per heavy atom. The van der Waals surface area contributed by atoms with Crippen molar-refractivity contribution < 1.29 is 14.7 Å². The molecule has 0 bridgehead atoms. The normalized spacial score (nSPS) is 26.6. The predicted molar refractivity (Wildman–Crippen MR) is 64.7 cm³/mol. The van der Waals surface area contributed by atoms with Gasteiger partial charge in [-0.05, 0) is 12.8 Å². The molecule has 1 aliphatic rings. The third-order valence-corrected chi connectivity index (χ3v) is 3.11. The topological polar surface area (TPSA) is 60.9 Å². The minimum atomic E-state index is -0.917. The Morgan fingerprint density at radius 1 is 1.53 bits per heavy atom. The van der Waals surface area contributed by atoms with Gasteiger partial charge in [0.25, 0.3) is 0 Å². The summed E-state index contributed by atoms with van der Waals surface area (Å²) in [7, 11) is 1.74. The first-order valence-corrected chi connectivity index (χ1v) is 6.05. The molecule has 5 heteroatoms. The molecule has 1 aliphatic heterocycles. The number of hydrogen-bond acceptors (Lipinski definition) is 3. The average molecular weight is 242 g/mol. The number of carboxylic acids is 1. The molecule has 2 unspecified atom stereocenters. The van der Waals surface area contributed by atoms with E-state index in [1.165, 1.54) is 0 Å². The Balaban J connectivity index is 2.86. The SMILES string of the molecule is CC(C)CN1C(C)CN(C)C(=O)C1CC(=O)O. The third-order valence-electron chi connectivity index (χ3n) is 3.11. The zero-order chi connectivity index (χ0) is 13.2. The first-order valence-electron chi connectivity index (χ1n) is 6.05. The van der Waals surface area contributed by atoms with Crippen LogP contribution in [0.5, 0.6) is 0 Å². The van der Waals surface area contributed by atoms with Crippen LogP contribution in [0, 0.1) is 5.92 Å². The van der Waals surface area contributed by atoms with Gasteiger partial charge in [0, 0.05) is 26.2 Å². The fourth-order valence-electron chi connectivity index (χ4n) is 2.39. The number of carbonyl (C=O) groups excluding carboxylic acids is 1. The number of hydrogen-bond donors (Lipinski definition) is 1. The van der Waals surface area contributed by atoms with Crippen LogP contribution in [0.1, 0.15) is 27.2 Å². The second-order valence-electron chi connectivity index (χ2n) is 5.27. The summed E-state index contributed by atoms with van der Waals surface area (Å²) in [5, 5.41) is 8.91. The van der Waals surface area contributed by atoms with Crippen molar-refractivity contribution in [3.63, 3.8) is 0 Å². The molecule has 98 valence electrons. The lowest BCUT2D eigenvalue weighted by atomic mass is 10.0. The Hall–Kier alpha value is -1.10. The first kappa shape index (κ1) is 14.0. The lowest BCUT2D eigenvalue weighted by Gasteiger charge is -2.44. The monoisotopic (exact) mass is 242 g/mol. The molecule has 17 heavy (non-hydrogen) atoms. The molecule has 2 atom stereocenters. The Bertz CT molecular complexity index is 304. The third kappa shape index (κ3) is 3.43. The van der Waals surface area contributed by atoms with E-state index < -0.39 is 12.0 Å². The number of likely N-dealkylation sites (N-methyl/N-ethyl adjacent to an activating group) is 1. The molecule has 1 rings (SSSR count). The summed E-state index contributed by atoms with van der Waals surface area (Å²) >= 11 is 0.